The zero-order valence-electron chi connectivity index (χ0n) is 43.8. The molecule has 5 aromatic rings. The van der Waals surface area contributed by atoms with E-state index in [-0.39, 0.29) is 97.9 Å². The Labute approximate surface area is 454 Å². The predicted octanol–water partition coefficient (Wildman–Crippen LogP) is 5.35. The fourth-order valence-corrected chi connectivity index (χ4v) is 11.3. The number of thiophene rings is 1. The Bertz CT molecular complexity index is 2880. The van der Waals surface area contributed by atoms with Crippen molar-refractivity contribution in [2.24, 2.45) is 10.4 Å². The van der Waals surface area contributed by atoms with Crippen LogP contribution < -0.4 is 20.7 Å². The molecule has 0 spiro atoms. The molecule has 6 heterocycles. The maximum absolute atomic E-state index is 14.2. The maximum Gasteiger partial charge on any atom is 0.246 e. The number of rotatable bonds is 5. The highest BCUT2D eigenvalue weighted by molar-refractivity contribution is 7.15. The third-order valence-corrected chi connectivity index (χ3v) is 15.6. The van der Waals surface area contributed by atoms with Crippen molar-refractivity contribution >= 4 is 63.6 Å². The van der Waals surface area contributed by atoms with Crippen LogP contribution in [0.15, 0.2) is 53.0 Å². The molecule has 3 aliphatic rings. The molecule has 4 amide bonds. The summed E-state index contributed by atoms with van der Waals surface area (Å²) in [6, 6.07) is 10.4. The van der Waals surface area contributed by atoms with Gasteiger partial charge in [0.15, 0.2) is 12.1 Å². The molecule has 408 valence electrons. The second kappa shape index (κ2) is 25.6. The summed E-state index contributed by atoms with van der Waals surface area (Å²) in [6.45, 7) is 14.1. The molecule has 0 aliphatic carbocycles. The first-order valence-electron chi connectivity index (χ1n) is 25.3. The van der Waals surface area contributed by atoms with Crippen molar-refractivity contribution in [2.75, 3.05) is 72.6 Å². The summed E-state index contributed by atoms with van der Waals surface area (Å²) in [5.74, 6) is -0.127. The highest BCUT2D eigenvalue weighted by atomic mass is 35.5. The fraction of sp³-hybridized carbons (Fsp3) is 0.509. The number of nitrogens with one attached hydrogen (secondary N) is 3. The first kappa shape index (κ1) is 56.5. The van der Waals surface area contributed by atoms with E-state index in [4.69, 9.17) is 45.0 Å². The number of hydrogen-bond donors (Lipinski definition) is 4. The molecule has 4 N–H and O–H groups in total. The molecular weight excluding hydrogens is 1040 g/mol. The lowest BCUT2D eigenvalue weighted by Crippen LogP contribution is -2.58. The van der Waals surface area contributed by atoms with Gasteiger partial charge in [-0.25, -0.2) is 4.98 Å². The van der Waals surface area contributed by atoms with Crippen LogP contribution in [0.5, 0.6) is 5.75 Å². The SMILES string of the molecule is Cc1ncsc1-c1ccc2c(c1)OCCOCCO[C@H](NC(=O)C[C@@H]1N=C(c3ccc(Cl)cc3)c3c(sc(C)c3C)-n3c(C)nnc31)COCCOCCOCC(=O)N[C@H](C(C)(C)C)C(=O)N1C[C@@H](O)C[C@@H]1C(=O)NC2. The van der Waals surface area contributed by atoms with Crippen LogP contribution in [0.3, 0.4) is 0 Å². The molecule has 8 rings (SSSR count). The lowest BCUT2D eigenvalue weighted by atomic mass is 9.85. The number of carbonyl (C=O) groups excluding carboxylic acids is 4. The van der Waals surface area contributed by atoms with Gasteiger partial charge in [0.1, 0.15) is 47.9 Å². The van der Waals surface area contributed by atoms with Crippen molar-refractivity contribution in [3.63, 3.8) is 0 Å². The molecule has 3 aliphatic heterocycles. The number of aliphatic hydroxyl groups is 1. The van der Waals surface area contributed by atoms with Crippen LogP contribution in [-0.4, -0.2) is 156 Å². The van der Waals surface area contributed by atoms with Crippen molar-refractivity contribution < 1.29 is 52.7 Å². The average molecular weight is 1100 g/mol. The number of aliphatic hydroxyl groups excluding tert-OH is 1. The summed E-state index contributed by atoms with van der Waals surface area (Å²) in [7, 11) is 0. The van der Waals surface area contributed by atoms with Gasteiger partial charge in [-0.2, -0.15) is 0 Å². The van der Waals surface area contributed by atoms with Crippen molar-refractivity contribution in [1.82, 2.24) is 40.6 Å². The van der Waals surface area contributed by atoms with E-state index >= 15 is 0 Å². The highest BCUT2D eigenvalue weighted by Gasteiger charge is 2.44. The van der Waals surface area contributed by atoms with Gasteiger partial charge in [0, 0.05) is 46.1 Å². The molecule has 2 aromatic carbocycles. The van der Waals surface area contributed by atoms with Gasteiger partial charge in [-0.05, 0) is 62.4 Å². The summed E-state index contributed by atoms with van der Waals surface area (Å²) in [5, 5.41) is 30.0. The Balaban J connectivity index is 0.968. The Morgan fingerprint density at radius 3 is 2.36 bits per heavy atom. The second-order valence-electron chi connectivity index (χ2n) is 19.8. The lowest BCUT2D eigenvalue weighted by Gasteiger charge is -2.35. The van der Waals surface area contributed by atoms with Crippen LogP contribution in [0, 0.1) is 33.1 Å². The zero-order chi connectivity index (χ0) is 54.1. The van der Waals surface area contributed by atoms with Gasteiger partial charge in [-0.1, -0.05) is 56.6 Å². The maximum atomic E-state index is 14.2. The monoisotopic (exact) mass is 1100 g/mol. The van der Waals surface area contributed by atoms with E-state index in [0.717, 1.165) is 48.4 Å². The molecule has 0 bridgehead atoms. The van der Waals surface area contributed by atoms with E-state index < -0.39 is 53.6 Å². The third-order valence-electron chi connectivity index (χ3n) is 13.1. The number of carbonyl (C=O) groups is 4. The standard InChI is InChI=1S/C53H66ClN9O11S2/c1-30-32(3)76-52-45(30)46(34-10-12-37(54)13-11-34)57-39(49-61-60-33(4)63(49)52)24-42(65)58-44-28-72-17-15-69-14-16-71-27-43(66)59-48(53(5,6)7)51(68)62-26-38(64)23-40(62)50(67)55-25-36-9-8-35(47-31(2)56-29-75-47)22-41(36)73-20-18-70-19-21-74-44/h8-13,22,29,38-40,44,48,64H,14-21,23-28H2,1-7H3,(H,55,67)(H,58,65)(H,59,66)/t38-,39-,40+,44-,48-/m0/s1. The van der Waals surface area contributed by atoms with Crippen LogP contribution in [0.25, 0.3) is 15.4 Å². The number of halogens is 1. The molecule has 76 heavy (non-hydrogen) atoms. The van der Waals surface area contributed by atoms with E-state index in [9.17, 15) is 24.3 Å². The van der Waals surface area contributed by atoms with Crippen molar-refractivity contribution in [1.29, 1.82) is 0 Å². The number of aryl methyl sites for hydroxylation is 3. The third kappa shape index (κ3) is 13.9. The van der Waals surface area contributed by atoms with Crippen molar-refractivity contribution in [3.05, 3.63) is 97.5 Å². The number of benzene rings is 2. The molecule has 0 radical (unpaired) electrons. The summed E-state index contributed by atoms with van der Waals surface area (Å²) < 4.78 is 37.7. The van der Waals surface area contributed by atoms with Crippen LogP contribution in [0.4, 0.5) is 0 Å². The van der Waals surface area contributed by atoms with Crippen LogP contribution in [0.1, 0.15) is 84.1 Å². The predicted molar refractivity (Wildman–Crippen MR) is 286 cm³/mol. The van der Waals surface area contributed by atoms with Gasteiger partial charge in [-0.3, -0.25) is 28.7 Å². The van der Waals surface area contributed by atoms with E-state index in [1.807, 2.05) is 81.7 Å². The Morgan fingerprint density at radius 2 is 1.62 bits per heavy atom. The first-order valence-corrected chi connectivity index (χ1v) is 27.3. The summed E-state index contributed by atoms with van der Waals surface area (Å²) in [5.41, 5.74) is 7.03. The topological polar surface area (TPSA) is 239 Å². The number of amides is 4. The van der Waals surface area contributed by atoms with Gasteiger partial charge >= 0.3 is 0 Å². The number of fused-ring (bicyclic) bond motifs is 5. The molecule has 3 aromatic heterocycles. The second-order valence-corrected chi connectivity index (χ2v) is 22.3. The van der Waals surface area contributed by atoms with Gasteiger partial charge in [-0.15, -0.1) is 32.9 Å². The number of hydrogen-bond acceptors (Lipinski definition) is 17. The van der Waals surface area contributed by atoms with E-state index in [0.29, 0.717) is 28.0 Å². The summed E-state index contributed by atoms with van der Waals surface area (Å²) >= 11 is 9.44. The van der Waals surface area contributed by atoms with Crippen LogP contribution in [0.2, 0.25) is 5.02 Å². The highest BCUT2D eigenvalue weighted by Crippen LogP contribution is 2.40. The molecular formula is C53H66ClN9O11S2. The smallest absolute Gasteiger partial charge is 0.246 e. The van der Waals surface area contributed by atoms with Gasteiger partial charge in [0.05, 0.1) is 87.2 Å². The van der Waals surface area contributed by atoms with E-state index in [2.05, 4.69) is 45.0 Å². The summed E-state index contributed by atoms with van der Waals surface area (Å²) in [4.78, 5) is 68.5. The Morgan fingerprint density at radius 1 is 0.908 bits per heavy atom. The molecule has 0 saturated carbocycles. The van der Waals surface area contributed by atoms with Crippen LogP contribution in [-0.2, 0) is 49.4 Å². The molecule has 0 unspecified atom stereocenters. The van der Waals surface area contributed by atoms with Crippen LogP contribution >= 0.6 is 34.3 Å². The summed E-state index contributed by atoms with van der Waals surface area (Å²) in [6.07, 6.45) is -1.88. The Hall–Kier alpha value is -5.69. The van der Waals surface area contributed by atoms with E-state index in [1.54, 1.807) is 16.8 Å². The molecule has 1 fully saturated rings. The first-order chi connectivity index (χ1) is 36.5. The molecule has 23 heteroatoms. The van der Waals surface area contributed by atoms with Gasteiger partial charge < -0.3 is 54.4 Å². The molecule has 20 nitrogen and oxygen atoms in total. The quantitative estimate of drug-likeness (QED) is 0.174. The van der Waals surface area contributed by atoms with Crippen molar-refractivity contribution in [2.45, 2.75) is 98.3 Å². The van der Waals surface area contributed by atoms with E-state index in [1.165, 1.54) is 16.2 Å². The van der Waals surface area contributed by atoms with Crippen molar-refractivity contribution in [3.8, 4) is 21.2 Å². The number of ether oxygens (including phenoxy) is 6. The lowest BCUT2D eigenvalue weighted by molar-refractivity contribution is -0.144. The minimum atomic E-state index is -1.03. The Kier molecular flexibility index (Phi) is 19.1. The number of thiazole rings is 1. The number of aromatic nitrogens is 4. The van der Waals surface area contributed by atoms with Gasteiger partial charge in [0.2, 0.25) is 23.6 Å². The van der Waals surface area contributed by atoms with Gasteiger partial charge in [0.25, 0.3) is 0 Å². The fourth-order valence-electron chi connectivity index (χ4n) is 9.11. The minimum absolute atomic E-state index is 0.0242. The molecule has 5 atom stereocenters. The number of aliphatic imine (C=N–C) groups is 1. The normalized spacial score (nSPS) is 22.3. The zero-order valence-corrected chi connectivity index (χ0v) is 46.2. The largest absolute Gasteiger partial charge is 0.491 e. The average Bonchev–Trinajstić information content (AvgIpc) is 4.15. The minimum Gasteiger partial charge on any atom is -0.491 e. The molecule has 1 saturated heterocycles. The number of nitrogens with zero attached hydrogens (tertiary/aromatic N) is 6.